The largest absolute Gasteiger partial charge is 0.360 e. The summed E-state index contributed by atoms with van der Waals surface area (Å²) in [5.74, 6) is 0.958. The molecule has 1 aromatic heterocycles. The van der Waals surface area contributed by atoms with Crippen LogP contribution in [-0.2, 0) is 25.8 Å². The molecule has 0 N–H and O–H groups in total. The monoisotopic (exact) mass is 296 g/mol. The van der Waals surface area contributed by atoms with Crippen molar-refractivity contribution < 1.29 is 9.32 Å². The third kappa shape index (κ3) is 2.32. The molecule has 0 fully saturated rings. The highest BCUT2D eigenvalue weighted by Gasteiger charge is 2.28. The first kappa shape index (κ1) is 13.6. The number of carbonyl (C=O) groups excluding carboxylic acids is 1. The summed E-state index contributed by atoms with van der Waals surface area (Å²) in [6.07, 6.45) is 6.21. The van der Waals surface area contributed by atoms with Crippen LogP contribution < -0.4 is 0 Å². The van der Waals surface area contributed by atoms with Gasteiger partial charge in [-0.1, -0.05) is 35.8 Å². The van der Waals surface area contributed by atoms with Gasteiger partial charge in [0.25, 0.3) is 5.91 Å². The molecule has 1 aliphatic carbocycles. The van der Waals surface area contributed by atoms with Crippen LogP contribution in [-0.4, -0.2) is 22.5 Å². The smallest absolute Gasteiger partial charge is 0.276 e. The van der Waals surface area contributed by atoms with Crippen molar-refractivity contribution >= 4 is 5.91 Å². The van der Waals surface area contributed by atoms with Gasteiger partial charge in [-0.15, -0.1) is 0 Å². The summed E-state index contributed by atoms with van der Waals surface area (Å²) in [6.45, 7) is 1.44. The molecule has 114 valence electrons. The third-order valence-electron chi connectivity index (χ3n) is 4.82. The molecule has 4 rings (SSSR count). The van der Waals surface area contributed by atoms with Crippen molar-refractivity contribution in [2.24, 2.45) is 0 Å². The first-order valence-corrected chi connectivity index (χ1v) is 8.16. The molecular weight excluding hydrogens is 276 g/mol. The molecule has 4 nitrogen and oxygen atoms in total. The van der Waals surface area contributed by atoms with Gasteiger partial charge in [0.2, 0.25) is 0 Å². The molecule has 4 heteroatoms. The van der Waals surface area contributed by atoms with Gasteiger partial charge >= 0.3 is 0 Å². The van der Waals surface area contributed by atoms with E-state index in [9.17, 15) is 4.79 Å². The lowest BCUT2D eigenvalue weighted by atomic mass is 9.99. The van der Waals surface area contributed by atoms with Crippen LogP contribution in [0.5, 0.6) is 0 Å². The Balaban J connectivity index is 1.59. The van der Waals surface area contributed by atoms with Gasteiger partial charge in [0.1, 0.15) is 5.76 Å². The van der Waals surface area contributed by atoms with Crippen LogP contribution >= 0.6 is 0 Å². The van der Waals surface area contributed by atoms with Crippen LogP contribution in [0.4, 0.5) is 0 Å². The summed E-state index contributed by atoms with van der Waals surface area (Å²) in [5, 5.41) is 4.10. The molecule has 2 aromatic rings. The Kier molecular flexibility index (Phi) is 3.45. The molecule has 1 aromatic carbocycles. The van der Waals surface area contributed by atoms with Gasteiger partial charge < -0.3 is 9.42 Å². The third-order valence-corrected chi connectivity index (χ3v) is 4.82. The Morgan fingerprint density at radius 1 is 1.05 bits per heavy atom. The van der Waals surface area contributed by atoms with Crippen LogP contribution in [0.1, 0.15) is 52.2 Å². The van der Waals surface area contributed by atoms with E-state index in [1.807, 2.05) is 11.0 Å². The number of nitrogens with zero attached hydrogens (tertiary/aromatic N) is 2. The zero-order chi connectivity index (χ0) is 14.9. The zero-order valence-corrected chi connectivity index (χ0v) is 12.7. The first-order valence-electron chi connectivity index (χ1n) is 8.16. The lowest BCUT2D eigenvalue weighted by Crippen LogP contribution is -2.36. The molecule has 1 aliphatic heterocycles. The number of benzene rings is 1. The van der Waals surface area contributed by atoms with Crippen molar-refractivity contribution in [2.75, 3.05) is 6.54 Å². The normalized spacial score (nSPS) is 17.5. The molecule has 1 amide bonds. The SMILES string of the molecule is O=C(c1noc2c1CCCCC2)N1CCc2ccccc2C1. The van der Waals surface area contributed by atoms with Crippen molar-refractivity contribution in [3.8, 4) is 0 Å². The number of hydrogen-bond acceptors (Lipinski definition) is 3. The fraction of sp³-hybridized carbons (Fsp3) is 0.444. The minimum absolute atomic E-state index is 0.0291. The maximum Gasteiger partial charge on any atom is 0.276 e. The van der Waals surface area contributed by atoms with E-state index in [0.29, 0.717) is 12.2 Å². The predicted octanol–water partition coefficient (Wildman–Crippen LogP) is 3.14. The Bertz CT molecular complexity index is 705. The topological polar surface area (TPSA) is 46.3 Å². The van der Waals surface area contributed by atoms with Gasteiger partial charge in [0.15, 0.2) is 5.69 Å². The van der Waals surface area contributed by atoms with Crippen molar-refractivity contribution in [3.05, 3.63) is 52.4 Å². The maximum absolute atomic E-state index is 12.9. The second kappa shape index (κ2) is 5.59. The van der Waals surface area contributed by atoms with Gasteiger partial charge in [0.05, 0.1) is 0 Å². The predicted molar refractivity (Wildman–Crippen MR) is 82.6 cm³/mol. The minimum Gasteiger partial charge on any atom is -0.360 e. The van der Waals surface area contributed by atoms with E-state index in [4.69, 9.17) is 4.52 Å². The summed E-state index contributed by atoms with van der Waals surface area (Å²) < 4.78 is 5.45. The summed E-state index contributed by atoms with van der Waals surface area (Å²) in [4.78, 5) is 14.8. The lowest BCUT2D eigenvalue weighted by Gasteiger charge is -2.28. The quantitative estimate of drug-likeness (QED) is 0.759. The van der Waals surface area contributed by atoms with Crippen molar-refractivity contribution in [1.82, 2.24) is 10.1 Å². The minimum atomic E-state index is 0.0291. The van der Waals surface area contributed by atoms with Crippen LogP contribution in [0, 0.1) is 0 Å². The molecular formula is C18H20N2O2. The van der Waals surface area contributed by atoms with E-state index in [1.54, 1.807) is 0 Å². The number of amides is 1. The lowest BCUT2D eigenvalue weighted by molar-refractivity contribution is 0.0723. The van der Waals surface area contributed by atoms with Gasteiger partial charge in [0, 0.05) is 25.1 Å². The molecule has 0 saturated heterocycles. The van der Waals surface area contributed by atoms with Gasteiger partial charge in [-0.05, 0) is 36.8 Å². The Hall–Kier alpha value is -2.10. The zero-order valence-electron chi connectivity index (χ0n) is 12.7. The van der Waals surface area contributed by atoms with Crippen molar-refractivity contribution in [1.29, 1.82) is 0 Å². The first-order chi connectivity index (χ1) is 10.8. The van der Waals surface area contributed by atoms with Crippen molar-refractivity contribution in [3.63, 3.8) is 0 Å². The van der Waals surface area contributed by atoms with Crippen molar-refractivity contribution in [2.45, 2.75) is 45.1 Å². The van der Waals surface area contributed by atoms with E-state index in [2.05, 4.69) is 23.4 Å². The average molecular weight is 296 g/mol. The highest BCUT2D eigenvalue weighted by Crippen LogP contribution is 2.26. The highest BCUT2D eigenvalue weighted by atomic mass is 16.5. The molecule has 0 radical (unpaired) electrons. The number of rotatable bonds is 1. The molecule has 0 atom stereocenters. The van der Waals surface area contributed by atoms with E-state index in [-0.39, 0.29) is 5.91 Å². The molecule has 2 aliphatic rings. The molecule has 0 spiro atoms. The van der Waals surface area contributed by atoms with Crippen LogP contribution in [0.15, 0.2) is 28.8 Å². The molecule has 0 bridgehead atoms. The summed E-state index contributed by atoms with van der Waals surface area (Å²) >= 11 is 0. The van der Waals surface area contributed by atoms with Gasteiger partial charge in [-0.25, -0.2) is 0 Å². The molecule has 0 unspecified atom stereocenters. The molecule has 22 heavy (non-hydrogen) atoms. The summed E-state index contributed by atoms with van der Waals surface area (Å²) in [6, 6.07) is 8.36. The second-order valence-corrected chi connectivity index (χ2v) is 6.24. The Morgan fingerprint density at radius 2 is 1.86 bits per heavy atom. The average Bonchev–Trinajstić information content (AvgIpc) is 2.82. The molecule has 0 saturated carbocycles. The van der Waals surface area contributed by atoms with Gasteiger partial charge in [-0.3, -0.25) is 4.79 Å². The number of hydrogen-bond donors (Lipinski definition) is 0. The van der Waals surface area contributed by atoms with Crippen LogP contribution in [0.2, 0.25) is 0 Å². The second-order valence-electron chi connectivity index (χ2n) is 6.24. The number of fused-ring (bicyclic) bond motifs is 2. The number of aromatic nitrogens is 1. The van der Waals surface area contributed by atoms with Crippen LogP contribution in [0.25, 0.3) is 0 Å². The number of aryl methyl sites for hydroxylation is 1. The Labute approximate surface area is 130 Å². The fourth-order valence-electron chi connectivity index (χ4n) is 3.55. The van der Waals surface area contributed by atoms with Gasteiger partial charge in [-0.2, -0.15) is 0 Å². The van der Waals surface area contributed by atoms with E-state index >= 15 is 0 Å². The van der Waals surface area contributed by atoms with E-state index in [1.165, 1.54) is 17.5 Å². The van der Waals surface area contributed by atoms with E-state index in [0.717, 1.165) is 50.0 Å². The standard InChI is InChI=1S/C18H20N2O2/c21-18(17-15-8-2-1-3-9-16(15)22-19-17)20-11-10-13-6-4-5-7-14(13)12-20/h4-7H,1-3,8-12H2. The van der Waals surface area contributed by atoms with Crippen LogP contribution in [0.3, 0.4) is 0 Å². The van der Waals surface area contributed by atoms with E-state index < -0.39 is 0 Å². The highest BCUT2D eigenvalue weighted by molar-refractivity contribution is 5.94. The molecule has 2 heterocycles. The Morgan fingerprint density at radius 3 is 2.77 bits per heavy atom. The maximum atomic E-state index is 12.9. The fourth-order valence-corrected chi connectivity index (χ4v) is 3.55. The summed E-state index contributed by atoms with van der Waals surface area (Å²) in [5.41, 5.74) is 4.21. The number of carbonyl (C=O) groups is 1. The summed E-state index contributed by atoms with van der Waals surface area (Å²) in [7, 11) is 0.